The summed E-state index contributed by atoms with van der Waals surface area (Å²) in [5, 5.41) is 14.1. The standard InChI is InChI=1S/C23H22F2N6O3/c24-18-6-5-14(11-26)20(19(18)25)34-22-17-12-29-31(21(17)27-13-28-22)15-7-9-30(10-8-15)23(32)33-16-3-1-2-4-16/h5-6,12-13,15-16H,1-4,7-10H2. The molecule has 1 aliphatic carbocycles. The second-order valence-electron chi connectivity index (χ2n) is 8.47. The number of carbonyl (C=O) groups excluding carboxylic acids is 1. The van der Waals surface area contributed by atoms with Crippen LogP contribution in [0.25, 0.3) is 11.0 Å². The van der Waals surface area contributed by atoms with Gasteiger partial charge in [-0.25, -0.2) is 23.8 Å². The van der Waals surface area contributed by atoms with Crippen LogP contribution in [0.3, 0.4) is 0 Å². The number of benzene rings is 1. The van der Waals surface area contributed by atoms with Crippen LogP contribution in [0.2, 0.25) is 0 Å². The Bertz CT molecular complexity index is 1260. The fraction of sp³-hybridized carbons (Fsp3) is 0.435. The highest BCUT2D eigenvalue weighted by molar-refractivity contribution is 5.80. The fourth-order valence-corrected chi connectivity index (χ4v) is 4.52. The quantitative estimate of drug-likeness (QED) is 0.556. The van der Waals surface area contributed by atoms with E-state index in [2.05, 4.69) is 15.1 Å². The van der Waals surface area contributed by atoms with Crippen LogP contribution in [0, 0.1) is 23.0 Å². The molecule has 0 atom stereocenters. The first-order chi connectivity index (χ1) is 16.5. The molecular weight excluding hydrogens is 446 g/mol. The molecule has 1 aliphatic heterocycles. The topological polar surface area (TPSA) is 106 Å². The average Bonchev–Trinajstić information content (AvgIpc) is 3.53. The Morgan fingerprint density at radius 3 is 2.62 bits per heavy atom. The normalized spacial score (nSPS) is 17.1. The van der Waals surface area contributed by atoms with E-state index >= 15 is 0 Å². The molecule has 3 aromatic rings. The van der Waals surface area contributed by atoms with Crippen molar-refractivity contribution >= 4 is 17.1 Å². The van der Waals surface area contributed by atoms with E-state index < -0.39 is 17.4 Å². The van der Waals surface area contributed by atoms with Gasteiger partial charge in [0.15, 0.2) is 17.2 Å². The summed E-state index contributed by atoms with van der Waals surface area (Å²) < 4.78 is 40.9. The van der Waals surface area contributed by atoms with Crippen molar-refractivity contribution in [3.05, 3.63) is 41.9 Å². The van der Waals surface area contributed by atoms with Crippen molar-refractivity contribution in [3.8, 4) is 17.7 Å². The van der Waals surface area contributed by atoms with Crippen LogP contribution in [0.15, 0.2) is 24.7 Å². The van der Waals surface area contributed by atoms with Gasteiger partial charge in [-0.2, -0.15) is 14.8 Å². The van der Waals surface area contributed by atoms with Gasteiger partial charge in [0.25, 0.3) is 0 Å². The SMILES string of the molecule is N#Cc1ccc(F)c(F)c1Oc1ncnc2c1cnn2C1CCN(C(=O)OC2CCCC2)CC1. The van der Waals surface area contributed by atoms with E-state index in [0.29, 0.717) is 37.0 Å². The highest BCUT2D eigenvalue weighted by Crippen LogP contribution is 2.34. The summed E-state index contributed by atoms with van der Waals surface area (Å²) >= 11 is 0. The molecule has 176 valence electrons. The van der Waals surface area contributed by atoms with E-state index in [4.69, 9.17) is 9.47 Å². The van der Waals surface area contributed by atoms with E-state index in [1.54, 1.807) is 15.7 Å². The van der Waals surface area contributed by atoms with Gasteiger partial charge in [0, 0.05) is 13.1 Å². The second kappa shape index (κ2) is 9.21. The van der Waals surface area contributed by atoms with Crippen LogP contribution < -0.4 is 4.74 Å². The number of likely N-dealkylation sites (tertiary alicyclic amines) is 1. The highest BCUT2D eigenvalue weighted by atomic mass is 19.2. The molecule has 0 spiro atoms. The first-order valence-electron chi connectivity index (χ1n) is 11.2. The Hall–Kier alpha value is -3.81. The van der Waals surface area contributed by atoms with Crippen molar-refractivity contribution in [2.45, 2.75) is 50.7 Å². The van der Waals surface area contributed by atoms with E-state index in [0.717, 1.165) is 37.8 Å². The number of halogens is 2. The van der Waals surface area contributed by atoms with Crippen LogP contribution in [0.4, 0.5) is 13.6 Å². The maximum absolute atomic E-state index is 14.3. The maximum Gasteiger partial charge on any atom is 0.410 e. The van der Waals surface area contributed by atoms with Crippen LogP contribution in [0.5, 0.6) is 11.6 Å². The summed E-state index contributed by atoms with van der Waals surface area (Å²) in [6.07, 6.45) is 7.89. The van der Waals surface area contributed by atoms with Gasteiger partial charge in [-0.15, -0.1) is 0 Å². The summed E-state index contributed by atoms with van der Waals surface area (Å²) in [7, 11) is 0. The zero-order chi connectivity index (χ0) is 23.7. The molecule has 1 saturated heterocycles. The van der Waals surface area contributed by atoms with Gasteiger partial charge in [-0.1, -0.05) is 0 Å². The molecule has 2 fully saturated rings. The van der Waals surface area contributed by atoms with Crippen LogP contribution in [-0.2, 0) is 4.74 Å². The molecule has 1 amide bonds. The van der Waals surface area contributed by atoms with Gasteiger partial charge in [0.1, 0.15) is 23.9 Å². The molecule has 0 N–H and O–H groups in total. The lowest BCUT2D eigenvalue weighted by molar-refractivity contribution is 0.0555. The molecule has 1 aromatic carbocycles. The molecule has 11 heteroatoms. The number of hydrogen-bond acceptors (Lipinski definition) is 7. The summed E-state index contributed by atoms with van der Waals surface area (Å²) in [4.78, 5) is 22.5. The van der Waals surface area contributed by atoms with Gasteiger partial charge in [0.05, 0.1) is 17.8 Å². The van der Waals surface area contributed by atoms with Gasteiger partial charge >= 0.3 is 6.09 Å². The summed E-state index contributed by atoms with van der Waals surface area (Å²) in [5.74, 6) is -2.97. The van der Waals surface area contributed by atoms with Crippen molar-refractivity contribution in [3.63, 3.8) is 0 Å². The van der Waals surface area contributed by atoms with Crippen LogP contribution in [-0.4, -0.2) is 49.9 Å². The third-order valence-electron chi connectivity index (χ3n) is 6.36. The largest absolute Gasteiger partial charge is 0.446 e. The predicted molar refractivity (Wildman–Crippen MR) is 115 cm³/mol. The van der Waals surface area contributed by atoms with Crippen LogP contribution in [0.1, 0.15) is 50.1 Å². The molecule has 5 rings (SSSR count). The number of hydrogen-bond donors (Lipinski definition) is 0. The van der Waals surface area contributed by atoms with Gasteiger partial charge in [-0.05, 0) is 50.7 Å². The highest BCUT2D eigenvalue weighted by Gasteiger charge is 2.29. The second-order valence-corrected chi connectivity index (χ2v) is 8.47. The van der Waals surface area contributed by atoms with Gasteiger partial charge in [-0.3, -0.25) is 0 Å². The summed E-state index contributed by atoms with van der Waals surface area (Å²) in [6.45, 7) is 1.07. The third-order valence-corrected chi connectivity index (χ3v) is 6.36. The number of nitriles is 1. The number of ether oxygens (including phenoxy) is 2. The molecule has 0 radical (unpaired) electrons. The molecule has 2 aromatic heterocycles. The van der Waals surface area contributed by atoms with Crippen molar-refractivity contribution in [1.29, 1.82) is 5.26 Å². The van der Waals surface area contributed by atoms with Gasteiger partial charge in [0.2, 0.25) is 11.7 Å². The summed E-state index contributed by atoms with van der Waals surface area (Å²) in [5.41, 5.74) is 0.308. The zero-order valence-corrected chi connectivity index (χ0v) is 18.3. The van der Waals surface area contributed by atoms with Crippen molar-refractivity contribution in [2.75, 3.05) is 13.1 Å². The lowest BCUT2D eigenvalue weighted by Gasteiger charge is -2.32. The number of fused-ring (bicyclic) bond motifs is 1. The molecule has 0 unspecified atom stereocenters. The smallest absolute Gasteiger partial charge is 0.410 e. The summed E-state index contributed by atoms with van der Waals surface area (Å²) in [6, 6.07) is 3.77. The number of aromatic nitrogens is 4. The van der Waals surface area contributed by atoms with Crippen LogP contribution >= 0.6 is 0 Å². The minimum atomic E-state index is -1.27. The van der Waals surface area contributed by atoms with Crippen molar-refractivity contribution in [2.24, 2.45) is 0 Å². The van der Waals surface area contributed by atoms with E-state index in [-0.39, 0.29) is 29.7 Å². The Balaban J connectivity index is 1.32. The van der Waals surface area contributed by atoms with E-state index in [1.807, 2.05) is 0 Å². The minimum absolute atomic E-state index is 0.0173. The molecule has 34 heavy (non-hydrogen) atoms. The maximum atomic E-state index is 14.3. The van der Waals surface area contributed by atoms with E-state index in [1.165, 1.54) is 12.5 Å². The van der Waals surface area contributed by atoms with Gasteiger partial charge < -0.3 is 14.4 Å². The number of amides is 1. The predicted octanol–water partition coefficient (Wildman–Crippen LogP) is 4.48. The molecule has 2 aliphatic rings. The molecule has 3 heterocycles. The molecule has 0 bridgehead atoms. The number of nitrogens with zero attached hydrogens (tertiary/aromatic N) is 6. The Kier molecular flexibility index (Phi) is 5.96. The molecule has 1 saturated carbocycles. The number of rotatable bonds is 4. The Morgan fingerprint density at radius 1 is 1.12 bits per heavy atom. The van der Waals surface area contributed by atoms with E-state index in [9.17, 15) is 18.8 Å². The minimum Gasteiger partial charge on any atom is -0.446 e. The van der Waals surface area contributed by atoms with Crippen molar-refractivity contribution in [1.82, 2.24) is 24.6 Å². The Morgan fingerprint density at radius 2 is 1.88 bits per heavy atom. The third kappa shape index (κ3) is 4.11. The molecule has 9 nitrogen and oxygen atoms in total. The monoisotopic (exact) mass is 468 g/mol. The average molecular weight is 468 g/mol. The molecular formula is C23H22F2N6O3. The van der Waals surface area contributed by atoms with Crippen molar-refractivity contribution < 1.29 is 23.0 Å². The number of piperidine rings is 1. The lowest BCUT2D eigenvalue weighted by Crippen LogP contribution is -2.40. The zero-order valence-electron chi connectivity index (χ0n) is 18.3. The first kappa shape index (κ1) is 22.0. The lowest BCUT2D eigenvalue weighted by atomic mass is 10.1. The number of carbonyl (C=O) groups is 1. The Labute approximate surface area is 193 Å². The first-order valence-corrected chi connectivity index (χ1v) is 11.2. The fourth-order valence-electron chi connectivity index (χ4n) is 4.52.